The maximum absolute atomic E-state index is 13.7. The molecule has 2 amide bonds. The van der Waals surface area contributed by atoms with E-state index in [1.807, 2.05) is 42.5 Å². The second-order valence-electron chi connectivity index (χ2n) is 11.3. The third kappa shape index (κ3) is 9.27. The number of hydrogen-bond acceptors (Lipinski definition) is 7. The van der Waals surface area contributed by atoms with E-state index in [1.54, 1.807) is 33.1 Å². The van der Waals surface area contributed by atoms with E-state index in [-0.39, 0.29) is 37.2 Å². The van der Waals surface area contributed by atoms with Crippen molar-refractivity contribution >= 4 is 23.4 Å². The van der Waals surface area contributed by atoms with E-state index in [1.165, 1.54) is 13.8 Å². The number of Topliss-reactive ketones (excluding diaryl/α,β-unsaturated/α-hetero) is 2. The summed E-state index contributed by atoms with van der Waals surface area (Å²) >= 11 is 0. The quantitative estimate of drug-likeness (QED) is 0.289. The third-order valence-electron chi connectivity index (χ3n) is 6.93. The van der Waals surface area contributed by atoms with Crippen LogP contribution >= 0.6 is 0 Å². The molecule has 1 aliphatic rings. The Kier molecular flexibility index (Phi) is 10.2. The maximum Gasteiger partial charge on any atom is 0.224 e. The van der Waals surface area contributed by atoms with Crippen LogP contribution in [0.25, 0.3) is 0 Å². The highest BCUT2D eigenvalue weighted by atomic mass is 16.6. The van der Waals surface area contributed by atoms with Gasteiger partial charge in [0.1, 0.15) is 11.4 Å². The molecule has 0 bridgehead atoms. The Hall–Kier alpha value is -3.56. The minimum Gasteiger partial charge on any atom is -0.497 e. The fraction of sp³-hybridized carbons (Fsp3) is 0.484. The average Bonchev–Trinajstić information content (AvgIpc) is 3.65. The largest absolute Gasteiger partial charge is 0.497 e. The van der Waals surface area contributed by atoms with Crippen molar-refractivity contribution in [1.82, 2.24) is 10.6 Å². The first kappa shape index (κ1) is 31.0. The lowest BCUT2D eigenvalue weighted by Crippen LogP contribution is -2.50. The number of ketones is 2. The van der Waals surface area contributed by atoms with Crippen molar-refractivity contribution < 1.29 is 33.8 Å². The number of hydrogen-bond donors (Lipinski definition) is 3. The zero-order valence-electron chi connectivity index (χ0n) is 23.9. The normalized spacial score (nSPS) is 18.6. The van der Waals surface area contributed by atoms with E-state index in [0.29, 0.717) is 12.4 Å². The number of nitrogens with one attached hydrogen (secondary N) is 2. The summed E-state index contributed by atoms with van der Waals surface area (Å²) in [5.41, 5.74) is -0.452. The van der Waals surface area contributed by atoms with Gasteiger partial charge in [-0.15, -0.1) is 0 Å². The summed E-state index contributed by atoms with van der Waals surface area (Å²) in [6, 6.07) is 14.9. The first-order valence-electron chi connectivity index (χ1n) is 13.5. The molecular weight excluding hydrogens is 512 g/mol. The molecule has 9 heteroatoms. The zero-order chi connectivity index (χ0) is 29.5. The van der Waals surface area contributed by atoms with Gasteiger partial charge >= 0.3 is 0 Å². The SMILES string of the molecule is COc1ccc(CC(CC(=O)C(C)NC(=O)CC(C)(C)O)C(=O)NC(Cc2ccccc2)C(=O)C2(C)CO2)cc1. The Morgan fingerprint density at radius 3 is 2.15 bits per heavy atom. The van der Waals surface area contributed by atoms with Crippen LogP contribution in [0.1, 0.15) is 51.7 Å². The number of carbonyl (C=O) groups is 4. The molecular formula is C31H40N2O7. The number of ether oxygens (including phenoxy) is 2. The van der Waals surface area contributed by atoms with Gasteiger partial charge in [0.2, 0.25) is 11.8 Å². The molecule has 4 atom stereocenters. The number of rotatable bonds is 15. The fourth-order valence-electron chi connectivity index (χ4n) is 4.46. The van der Waals surface area contributed by atoms with Gasteiger partial charge in [-0.05, 0) is 63.8 Å². The van der Waals surface area contributed by atoms with Crippen molar-refractivity contribution in [2.45, 2.75) is 76.7 Å². The molecule has 3 rings (SSSR count). The van der Waals surface area contributed by atoms with Gasteiger partial charge in [-0.3, -0.25) is 19.2 Å². The Bertz CT molecular complexity index is 1180. The van der Waals surface area contributed by atoms with Crippen molar-refractivity contribution in [3.8, 4) is 5.75 Å². The van der Waals surface area contributed by atoms with Crippen LogP contribution in [-0.2, 0) is 36.8 Å². The molecule has 216 valence electrons. The van der Waals surface area contributed by atoms with E-state index in [4.69, 9.17) is 9.47 Å². The van der Waals surface area contributed by atoms with Crippen LogP contribution in [0.3, 0.4) is 0 Å². The third-order valence-corrected chi connectivity index (χ3v) is 6.93. The Morgan fingerprint density at radius 1 is 1.00 bits per heavy atom. The molecule has 1 heterocycles. The molecule has 0 spiro atoms. The number of amides is 2. The minimum absolute atomic E-state index is 0.151. The number of aliphatic hydroxyl groups is 1. The highest BCUT2D eigenvalue weighted by Crippen LogP contribution is 2.29. The molecule has 1 aliphatic heterocycles. The average molecular weight is 553 g/mol. The highest BCUT2D eigenvalue weighted by Gasteiger charge is 2.50. The predicted octanol–water partition coefficient (Wildman–Crippen LogP) is 2.56. The van der Waals surface area contributed by atoms with E-state index in [2.05, 4.69) is 10.6 Å². The second-order valence-corrected chi connectivity index (χ2v) is 11.3. The first-order chi connectivity index (χ1) is 18.8. The summed E-state index contributed by atoms with van der Waals surface area (Å²) in [5.74, 6) is -1.58. The van der Waals surface area contributed by atoms with Crippen molar-refractivity contribution in [2.75, 3.05) is 13.7 Å². The second kappa shape index (κ2) is 13.2. The minimum atomic E-state index is -1.22. The van der Waals surface area contributed by atoms with Gasteiger partial charge in [-0.1, -0.05) is 42.5 Å². The summed E-state index contributed by atoms with van der Waals surface area (Å²) in [6.45, 7) is 6.57. The predicted molar refractivity (Wildman–Crippen MR) is 150 cm³/mol. The van der Waals surface area contributed by atoms with Crippen LogP contribution < -0.4 is 15.4 Å². The topological polar surface area (TPSA) is 134 Å². The fourth-order valence-corrected chi connectivity index (χ4v) is 4.46. The lowest BCUT2D eigenvalue weighted by Gasteiger charge is -2.24. The molecule has 9 nitrogen and oxygen atoms in total. The molecule has 0 aliphatic carbocycles. The number of carbonyl (C=O) groups excluding carboxylic acids is 4. The maximum atomic E-state index is 13.7. The van der Waals surface area contributed by atoms with Crippen LogP contribution in [-0.4, -0.2) is 65.5 Å². The van der Waals surface area contributed by atoms with Crippen LogP contribution in [0.15, 0.2) is 54.6 Å². The summed E-state index contributed by atoms with van der Waals surface area (Å²) in [7, 11) is 1.56. The summed E-state index contributed by atoms with van der Waals surface area (Å²) < 4.78 is 10.6. The van der Waals surface area contributed by atoms with Gasteiger partial charge in [-0.2, -0.15) is 0 Å². The van der Waals surface area contributed by atoms with E-state index in [0.717, 1.165) is 11.1 Å². The molecule has 4 unspecified atom stereocenters. The number of benzene rings is 2. The molecule has 1 fully saturated rings. The van der Waals surface area contributed by atoms with Crippen molar-refractivity contribution in [3.63, 3.8) is 0 Å². The number of epoxide rings is 1. The van der Waals surface area contributed by atoms with Gasteiger partial charge in [0, 0.05) is 12.3 Å². The van der Waals surface area contributed by atoms with Crippen LogP contribution in [0.5, 0.6) is 5.75 Å². The Labute approximate surface area is 235 Å². The zero-order valence-corrected chi connectivity index (χ0v) is 23.9. The van der Waals surface area contributed by atoms with E-state index >= 15 is 0 Å². The van der Waals surface area contributed by atoms with Crippen molar-refractivity contribution in [3.05, 3.63) is 65.7 Å². The van der Waals surface area contributed by atoms with Crippen molar-refractivity contribution in [2.24, 2.45) is 5.92 Å². The molecule has 0 aromatic heterocycles. The molecule has 3 N–H and O–H groups in total. The van der Waals surface area contributed by atoms with Crippen LogP contribution in [0, 0.1) is 5.92 Å². The van der Waals surface area contributed by atoms with Crippen LogP contribution in [0.2, 0.25) is 0 Å². The standard InChI is InChI=1S/C31H40N2O7/c1-20(32-27(35)18-30(2,3)38)26(34)17-23(15-22-11-13-24(39-5)14-12-22)29(37)33-25(28(36)31(4)19-40-31)16-21-9-7-6-8-10-21/h6-14,20,23,25,38H,15-19H2,1-5H3,(H,32,35)(H,33,37). The summed E-state index contributed by atoms with van der Waals surface area (Å²) in [5, 5.41) is 15.4. The van der Waals surface area contributed by atoms with Gasteiger partial charge in [0.15, 0.2) is 11.6 Å². The summed E-state index contributed by atoms with van der Waals surface area (Å²) in [6.07, 6.45) is 0.217. The highest BCUT2D eigenvalue weighted by molar-refractivity contribution is 5.98. The Balaban J connectivity index is 1.79. The first-order valence-corrected chi connectivity index (χ1v) is 13.5. The van der Waals surface area contributed by atoms with Gasteiger partial charge in [0.05, 0.1) is 37.8 Å². The van der Waals surface area contributed by atoms with Crippen molar-refractivity contribution in [1.29, 1.82) is 0 Å². The van der Waals surface area contributed by atoms with Crippen LogP contribution in [0.4, 0.5) is 0 Å². The van der Waals surface area contributed by atoms with Gasteiger partial charge in [-0.25, -0.2) is 0 Å². The summed E-state index contributed by atoms with van der Waals surface area (Å²) in [4.78, 5) is 52.4. The smallest absolute Gasteiger partial charge is 0.224 e. The Morgan fingerprint density at radius 2 is 1.60 bits per heavy atom. The molecule has 0 saturated carbocycles. The molecule has 1 saturated heterocycles. The van der Waals surface area contributed by atoms with E-state index < -0.39 is 41.0 Å². The number of methoxy groups -OCH3 is 1. The molecule has 2 aromatic carbocycles. The monoisotopic (exact) mass is 552 g/mol. The lowest BCUT2D eigenvalue weighted by molar-refractivity contribution is -0.134. The van der Waals surface area contributed by atoms with E-state index in [9.17, 15) is 24.3 Å². The molecule has 2 aromatic rings. The van der Waals surface area contributed by atoms with Gasteiger partial charge in [0.25, 0.3) is 0 Å². The van der Waals surface area contributed by atoms with Gasteiger partial charge < -0.3 is 25.2 Å². The molecule has 0 radical (unpaired) electrons. The lowest BCUT2D eigenvalue weighted by atomic mass is 9.89. The molecule has 40 heavy (non-hydrogen) atoms.